The summed E-state index contributed by atoms with van der Waals surface area (Å²) in [6, 6.07) is 6.80. The van der Waals surface area contributed by atoms with Gasteiger partial charge in [-0.25, -0.2) is 9.97 Å². The molecule has 1 aromatic heterocycles. The summed E-state index contributed by atoms with van der Waals surface area (Å²) in [5.74, 6) is 1.18. The lowest BCUT2D eigenvalue weighted by molar-refractivity contribution is 0.354. The summed E-state index contributed by atoms with van der Waals surface area (Å²) in [5, 5.41) is 3.00. The van der Waals surface area contributed by atoms with Crippen molar-refractivity contribution >= 4 is 5.82 Å². The molecule has 0 spiro atoms. The Hall–Kier alpha value is -2.37. The van der Waals surface area contributed by atoms with Gasteiger partial charge in [-0.05, 0) is 17.7 Å². The predicted octanol–water partition coefficient (Wildman–Crippen LogP) is 2.25. The molecule has 0 bridgehead atoms. The van der Waals surface area contributed by atoms with Gasteiger partial charge < -0.3 is 14.8 Å². The first-order valence-corrected chi connectivity index (χ1v) is 5.65. The van der Waals surface area contributed by atoms with Crippen molar-refractivity contribution in [2.75, 3.05) is 19.5 Å². The van der Waals surface area contributed by atoms with Crippen molar-refractivity contribution in [1.29, 1.82) is 0 Å². The standard InChI is InChI=1S/C13H14FN3O2/c1-18-10-4-3-9(5-11(10)19-2)7-15-13-6-12(14)16-8-17-13/h3-6,8H,7H2,1-2H3,(H,15,16,17). The van der Waals surface area contributed by atoms with E-state index in [1.165, 1.54) is 12.4 Å². The molecule has 0 aliphatic carbocycles. The van der Waals surface area contributed by atoms with Crippen molar-refractivity contribution in [2.45, 2.75) is 6.54 Å². The fourth-order valence-electron chi connectivity index (χ4n) is 1.61. The second kappa shape index (κ2) is 5.99. The largest absolute Gasteiger partial charge is 0.493 e. The van der Waals surface area contributed by atoms with Crippen LogP contribution in [0.2, 0.25) is 0 Å². The van der Waals surface area contributed by atoms with Gasteiger partial charge in [0.1, 0.15) is 12.1 Å². The molecule has 1 N–H and O–H groups in total. The zero-order chi connectivity index (χ0) is 13.7. The minimum atomic E-state index is -0.565. The monoisotopic (exact) mass is 263 g/mol. The van der Waals surface area contributed by atoms with Crippen LogP contribution in [-0.2, 0) is 6.54 Å². The SMILES string of the molecule is COc1ccc(CNc2cc(F)ncn2)cc1OC. The van der Waals surface area contributed by atoms with Crippen LogP contribution in [0.5, 0.6) is 11.5 Å². The topological polar surface area (TPSA) is 56.3 Å². The second-order valence-electron chi connectivity index (χ2n) is 3.77. The van der Waals surface area contributed by atoms with Crippen LogP contribution in [0.1, 0.15) is 5.56 Å². The van der Waals surface area contributed by atoms with E-state index in [9.17, 15) is 4.39 Å². The van der Waals surface area contributed by atoms with E-state index in [4.69, 9.17) is 9.47 Å². The van der Waals surface area contributed by atoms with E-state index in [2.05, 4.69) is 15.3 Å². The van der Waals surface area contributed by atoms with E-state index in [-0.39, 0.29) is 0 Å². The maximum atomic E-state index is 12.9. The number of halogens is 1. The molecule has 0 unspecified atom stereocenters. The lowest BCUT2D eigenvalue weighted by Crippen LogP contribution is -2.03. The van der Waals surface area contributed by atoms with Gasteiger partial charge in [-0.1, -0.05) is 6.07 Å². The van der Waals surface area contributed by atoms with Gasteiger partial charge >= 0.3 is 0 Å². The van der Waals surface area contributed by atoms with Gasteiger partial charge in [0.05, 0.1) is 14.2 Å². The third-order valence-electron chi connectivity index (χ3n) is 2.56. The molecule has 2 rings (SSSR count). The van der Waals surface area contributed by atoms with Crippen LogP contribution in [0.15, 0.2) is 30.6 Å². The summed E-state index contributed by atoms with van der Waals surface area (Å²) in [6.45, 7) is 0.497. The van der Waals surface area contributed by atoms with E-state index in [0.29, 0.717) is 23.9 Å². The fourth-order valence-corrected chi connectivity index (χ4v) is 1.61. The van der Waals surface area contributed by atoms with Crippen molar-refractivity contribution in [3.8, 4) is 11.5 Å². The molecule has 0 aliphatic heterocycles. The Labute approximate surface area is 110 Å². The van der Waals surface area contributed by atoms with Gasteiger partial charge in [0.25, 0.3) is 0 Å². The minimum absolute atomic E-state index is 0.433. The van der Waals surface area contributed by atoms with Crippen LogP contribution >= 0.6 is 0 Å². The molecule has 100 valence electrons. The normalized spacial score (nSPS) is 10.1. The molecule has 0 aliphatic rings. The zero-order valence-corrected chi connectivity index (χ0v) is 10.7. The maximum absolute atomic E-state index is 12.9. The van der Waals surface area contributed by atoms with Crippen LogP contribution in [0, 0.1) is 5.95 Å². The first-order valence-electron chi connectivity index (χ1n) is 5.65. The summed E-state index contributed by atoms with van der Waals surface area (Å²) >= 11 is 0. The fraction of sp³-hybridized carbons (Fsp3) is 0.231. The van der Waals surface area contributed by atoms with Crippen LogP contribution in [0.3, 0.4) is 0 Å². The first-order chi connectivity index (χ1) is 9.22. The van der Waals surface area contributed by atoms with Crippen LogP contribution < -0.4 is 14.8 Å². The second-order valence-corrected chi connectivity index (χ2v) is 3.77. The Morgan fingerprint density at radius 3 is 2.58 bits per heavy atom. The van der Waals surface area contributed by atoms with Crippen molar-refractivity contribution in [3.05, 3.63) is 42.1 Å². The lowest BCUT2D eigenvalue weighted by Gasteiger charge is -2.10. The molecule has 0 radical (unpaired) electrons. The van der Waals surface area contributed by atoms with Crippen molar-refractivity contribution in [2.24, 2.45) is 0 Å². The first kappa shape index (κ1) is 13.1. The predicted molar refractivity (Wildman–Crippen MR) is 68.9 cm³/mol. The lowest BCUT2D eigenvalue weighted by atomic mass is 10.2. The van der Waals surface area contributed by atoms with Gasteiger partial charge in [-0.15, -0.1) is 0 Å². The molecule has 0 atom stereocenters. The van der Waals surface area contributed by atoms with Gasteiger partial charge in [0.15, 0.2) is 11.5 Å². The van der Waals surface area contributed by atoms with Crippen LogP contribution in [-0.4, -0.2) is 24.2 Å². The molecule has 2 aromatic rings. The maximum Gasteiger partial charge on any atom is 0.217 e. The van der Waals surface area contributed by atoms with E-state index in [1.807, 2.05) is 18.2 Å². The summed E-state index contributed by atoms with van der Waals surface area (Å²) in [5.41, 5.74) is 0.969. The van der Waals surface area contributed by atoms with E-state index < -0.39 is 5.95 Å². The summed E-state index contributed by atoms with van der Waals surface area (Å²) in [6.07, 6.45) is 1.17. The molecular formula is C13H14FN3O2. The molecule has 1 aromatic carbocycles. The average molecular weight is 263 g/mol. The highest BCUT2D eigenvalue weighted by molar-refractivity contribution is 5.44. The molecule has 5 nitrogen and oxygen atoms in total. The van der Waals surface area contributed by atoms with Gasteiger partial charge in [0.2, 0.25) is 5.95 Å². The Bertz CT molecular complexity index is 563. The molecule has 19 heavy (non-hydrogen) atoms. The van der Waals surface area contributed by atoms with Crippen LogP contribution in [0.4, 0.5) is 10.2 Å². The third-order valence-corrected chi connectivity index (χ3v) is 2.56. The number of ether oxygens (including phenoxy) is 2. The highest BCUT2D eigenvalue weighted by Gasteiger charge is 2.05. The number of anilines is 1. The van der Waals surface area contributed by atoms with Gasteiger partial charge in [-0.3, -0.25) is 0 Å². The Morgan fingerprint density at radius 1 is 1.11 bits per heavy atom. The number of nitrogens with zero attached hydrogens (tertiary/aromatic N) is 2. The molecule has 0 fully saturated rings. The number of hydrogen-bond acceptors (Lipinski definition) is 5. The number of aromatic nitrogens is 2. The molecule has 6 heteroatoms. The molecule has 1 heterocycles. The number of rotatable bonds is 5. The van der Waals surface area contributed by atoms with Crippen LogP contribution in [0.25, 0.3) is 0 Å². The third kappa shape index (κ3) is 3.31. The molecular weight excluding hydrogens is 249 g/mol. The van der Waals surface area contributed by atoms with E-state index >= 15 is 0 Å². The van der Waals surface area contributed by atoms with Crippen molar-refractivity contribution in [1.82, 2.24) is 9.97 Å². The number of benzene rings is 1. The van der Waals surface area contributed by atoms with E-state index in [0.717, 1.165) is 5.56 Å². The molecule has 0 amide bonds. The number of nitrogens with one attached hydrogen (secondary N) is 1. The minimum Gasteiger partial charge on any atom is -0.493 e. The molecule has 0 saturated heterocycles. The smallest absolute Gasteiger partial charge is 0.217 e. The summed E-state index contributed by atoms with van der Waals surface area (Å²) in [4.78, 5) is 7.30. The Kier molecular flexibility index (Phi) is 4.12. The highest BCUT2D eigenvalue weighted by atomic mass is 19.1. The van der Waals surface area contributed by atoms with Gasteiger partial charge in [-0.2, -0.15) is 4.39 Å². The number of hydrogen-bond donors (Lipinski definition) is 1. The van der Waals surface area contributed by atoms with Crippen molar-refractivity contribution < 1.29 is 13.9 Å². The number of methoxy groups -OCH3 is 2. The quantitative estimate of drug-likeness (QED) is 0.838. The summed E-state index contributed by atoms with van der Waals surface area (Å²) < 4.78 is 23.2. The van der Waals surface area contributed by atoms with E-state index in [1.54, 1.807) is 14.2 Å². The highest BCUT2D eigenvalue weighted by Crippen LogP contribution is 2.27. The Morgan fingerprint density at radius 2 is 1.89 bits per heavy atom. The molecule has 0 saturated carbocycles. The zero-order valence-electron chi connectivity index (χ0n) is 10.7. The summed E-state index contributed by atoms with van der Waals surface area (Å²) in [7, 11) is 3.16. The van der Waals surface area contributed by atoms with Crippen molar-refractivity contribution in [3.63, 3.8) is 0 Å². The van der Waals surface area contributed by atoms with Gasteiger partial charge in [0, 0.05) is 12.6 Å². The average Bonchev–Trinajstić information content (AvgIpc) is 2.45. The Balaban J connectivity index is 2.07.